The second kappa shape index (κ2) is 9.42. The first-order valence-electron chi connectivity index (χ1n) is 3.13. The van der Waals surface area contributed by atoms with Gasteiger partial charge in [-0.2, -0.15) is 17.6 Å². The van der Waals surface area contributed by atoms with E-state index in [-0.39, 0.29) is 0 Å². The van der Waals surface area contributed by atoms with Crippen molar-refractivity contribution in [2.75, 3.05) is 13.1 Å². The van der Waals surface area contributed by atoms with Gasteiger partial charge in [0.05, 0.1) is 0 Å². The van der Waals surface area contributed by atoms with E-state index in [0.29, 0.717) is 0 Å². The summed E-state index contributed by atoms with van der Waals surface area (Å²) in [5.41, 5.74) is 0. The highest BCUT2D eigenvalue weighted by molar-refractivity contribution is 4.77. The highest BCUT2D eigenvalue weighted by Gasteiger charge is 1.98. The molecule has 0 amide bonds. The van der Waals surface area contributed by atoms with E-state index in [1.807, 2.05) is 0 Å². The molecule has 11 heavy (non-hydrogen) atoms. The van der Waals surface area contributed by atoms with Crippen molar-refractivity contribution in [1.29, 1.82) is 0 Å². The smallest absolute Gasteiger partial charge is 0.317 e. The summed E-state index contributed by atoms with van der Waals surface area (Å²) in [5, 5.41) is 3.11. The van der Waals surface area contributed by atoms with E-state index >= 15 is 0 Å². The van der Waals surface area contributed by atoms with E-state index in [2.05, 4.69) is 19.2 Å². The molecule has 0 spiro atoms. The van der Waals surface area contributed by atoms with Crippen LogP contribution < -0.4 is 5.32 Å². The number of halogens is 4. The van der Waals surface area contributed by atoms with Gasteiger partial charge in [0.1, 0.15) is 0 Å². The molecule has 0 aromatic heterocycles. The zero-order chi connectivity index (χ0) is 9.28. The number of rotatable bonds is 2. The van der Waals surface area contributed by atoms with Gasteiger partial charge in [0.25, 0.3) is 0 Å². The van der Waals surface area contributed by atoms with Crippen molar-refractivity contribution in [3.63, 3.8) is 0 Å². The van der Waals surface area contributed by atoms with Crippen molar-refractivity contribution in [3.05, 3.63) is 12.2 Å². The maximum atomic E-state index is 10.3. The lowest BCUT2D eigenvalue weighted by molar-refractivity contribution is 0.308. The summed E-state index contributed by atoms with van der Waals surface area (Å²) >= 11 is 0. The Kier molecular flexibility index (Phi) is 11.2. The molecule has 0 saturated carbocycles. The van der Waals surface area contributed by atoms with Crippen molar-refractivity contribution in [2.24, 2.45) is 0 Å². The molecule has 0 aromatic carbocycles. The van der Waals surface area contributed by atoms with Crippen LogP contribution in [0, 0.1) is 0 Å². The van der Waals surface area contributed by atoms with E-state index in [4.69, 9.17) is 0 Å². The van der Waals surface area contributed by atoms with E-state index in [9.17, 15) is 17.6 Å². The molecule has 0 atom stereocenters. The molecule has 0 aliphatic rings. The second-order valence-electron chi connectivity index (χ2n) is 1.48. The molecule has 0 rings (SSSR count). The molecule has 0 heterocycles. The SMILES string of the molecule is CCNCC.FC(F)=C(F)F. The van der Waals surface area contributed by atoms with Crippen molar-refractivity contribution < 1.29 is 17.6 Å². The Labute approximate surface area is 63.1 Å². The minimum atomic E-state index is -2.91. The van der Waals surface area contributed by atoms with Crippen molar-refractivity contribution >= 4 is 0 Å². The lowest BCUT2D eigenvalue weighted by Gasteiger charge is -1.86. The average Bonchev–Trinajstić information content (AvgIpc) is 1.90. The number of hydrogen-bond donors (Lipinski definition) is 1. The van der Waals surface area contributed by atoms with E-state index in [1.165, 1.54) is 0 Å². The predicted octanol–water partition coefficient (Wildman–Crippen LogP) is 2.61. The minimum absolute atomic E-state index is 1.09. The maximum Gasteiger partial charge on any atom is 0.334 e. The molecule has 0 saturated heterocycles. The number of hydrogen-bond acceptors (Lipinski definition) is 1. The molecule has 0 radical (unpaired) electrons. The zero-order valence-electron chi connectivity index (χ0n) is 6.43. The molecular formula is C6H11F4N. The molecule has 0 aliphatic heterocycles. The molecular weight excluding hydrogens is 162 g/mol. The van der Waals surface area contributed by atoms with Crippen molar-refractivity contribution in [1.82, 2.24) is 5.32 Å². The molecule has 5 heteroatoms. The Hall–Kier alpha value is -0.580. The Bertz CT molecular complexity index is 93.1. The monoisotopic (exact) mass is 173 g/mol. The van der Waals surface area contributed by atoms with Gasteiger partial charge in [-0.05, 0) is 13.1 Å². The molecule has 1 nitrogen and oxygen atoms in total. The Morgan fingerprint density at radius 2 is 1.18 bits per heavy atom. The van der Waals surface area contributed by atoms with E-state index in [1.54, 1.807) is 0 Å². The van der Waals surface area contributed by atoms with Gasteiger partial charge in [0.15, 0.2) is 0 Å². The summed E-state index contributed by atoms with van der Waals surface area (Å²) in [6.45, 7) is 6.39. The standard InChI is InChI=1S/C4H11N.C2F4/c1-3-5-4-2;3-1(4)2(5)6/h5H,3-4H2,1-2H3;. The van der Waals surface area contributed by atoms with Gasteiger partial charge in [0, 0.05) is 0 Å². The highest BCUT2D eigenvalue weighted by atomic mass is 19.3. The van der Waals surface area contributed by atoms with Gasteiger partial charge < -0.3 is 5.32 Å². The normalized spacial score (nSPS) is 8.18. The maximum absolute atomic E-state index is 10.3. The van der Waals surface area contributed by atoms with Crippen LogP contribution in [-0.2, 0) is 0 Å². The van der Waals surface area contributed by atoms with Crippen LogP contribution in [0.3, 0.4) is 0 Å². The Morgan fingerprint density at radius 1 is 0.909 bits per heavy atom. The van der Waals surface area contributed by atoms with E-state index in [0.717, 1.165) is 13.1 Å². The largest absolute Gasteiger partial charge is 0.334 e. The minimum Gasteiger partial charge on any atom is -0.317 e. The molecule has 0 bridgehead atoms. The van der Waals surface area contributed by atoms with Gasteiger partial charge >= 0.3 is 12.2 Å². The topological polar surface area (TPSA) is 12.0 Å². The van der Waals surface area contributed by atoms with Crippen LogP contribution in [0.15, 0.2) is 12.2 Å². The van der Waals surface area contributed by atoms with Crippen LogP contribution in [0.1, 0.15) is 13.8 Å². The van der Waals surface area contributed by atoms with Crippen LogP contribution in [0.25, 0.3) is 0 Å². The average molecular weight is 173 g/mol. The molecule has 0 unspecified atom stereocenters. The summed E-state index contributed by atoms with van der Waals surface area (Å²) in [5.74, 6) is 0. The lowest BCUT2D eigenvalue weighted by Crippen LogP contribution is -2.09. The van der Waals surface area contributed by atoms with Gasteiger partial charge in [-0.3, -0.25) is 0 Å². The third-order valence-electron chi connectivity index (χ3n) is 0.643. The van der Waals surface area contributed by atoms with Gasteiger partial charge in [-0.25, -0.2) is 0 Å². The van der Waals surface area contributed by atoms with Crippen LogP contribution in [0.5, 0.6) is 0 Å². The van der Waals surface area contributed by atoms with E-state index < -0.39 is 12.2 Å². The third-order valence-corrected chi connectivity index (χ3v) is 0.643. The second-order valence-corrected chi connectivity index (χ2v) is 1.48. The van der Waals surface area contributed by atoms with Crippen LogP contribution >= 0.6 is 0 Å². The van der Waals surface area contributed by atoms with Gasteiger partial charge in [-0.1, -0.05) is 13.8 Å². The summed E-state index contributed by atoms with van der Waals surface area (Å²) in [6.07, 6.45) is -5.81. The van der Waals surface area contributed by atoms with Gasteiger partial charge in [0.2, 0.25) is 0 Å². The quantitative estimate of drug-likeness (QED) is 0.633. The third kappa shape index (κ3) is 17.7. The lowest BCUT2D eigenvalue weighted by atomic mass is 10.7. The van der Waals surface area contributed by atoms with Crippen LogP contribution in [-0.4, -0.2) is 13.1 Å². The summed E-state index contributed by atoms with van der Waals surface area (Å²) in [4.78, 5) is 0. The van der Waals surface area contributed by atoms with Crippen molar-refractivity contribution in [3.8, 4) is 0 Å². The Morgan fingerprint density at radius 3 is 1.18 bits per heavy atom. The molecule has 0 aromatic rings. The number of nitrogens with one attached hydrogen (secondary N) is 1. The Balaban J connectivity index is 0. The van der Waals surface area contributed by atoms with Gasteiger partial charge in [-0.15, -0.1) is 0 Å². The zero-order valence-corrected chi connectivity index (χ0v) is 6.43. The predicted molar refractivity (Wildman–Crippen MR) is 35.7 cm³/mol. The molecule has 0 aliphatic carbocycles. The first-order chi connectivity index (χ1) is 5.06. The molecule has 68 valence electrons. The van der Waals surface area contributed by atoms with Crippen LogP contribution in [0.2, 0.25) is 0 Å². The first kappa shape index (κ1) is 13.0. The first-order valence-corrected chi connectivity index (χ1v) is 3.13. The molecule has 1 N–H and O–H groups in total. The summed E-state index contributed by atoms with van der Waals surface area (Å²) in [7, 11) is 0. The fourth-order valence-corrected chi connectivity index (χ4v) is 0.250. The molecule has 0 fully saturated rings. The fourth-order valence-electron chi connectivity index (χ4n) is 0.250. The van der Waals surface area contributed by atoms with Crippen molar-refractivity contribution in [2.45, 2.75) is 13.8 Å². The summed E-state index contributed by atoms with van der Waals surface area (Å²) in [6, 6.07) is 0. The summed E-state index contributed by atoms with van der Waals surface area (Å²) < 4.78 is 41.1. The van der Waals surface area contributed by atoms with Crippen LogP contribution in [0.4, 0.5) is 17.6 Å². The fraction of sp³-hybridized carbons (Fsp3) is 0.667. The highest BCUT2D eigenvalue weighted by Crippen LogP contribution is 2.08.